The molecule has 0 aliphatic carbocycles. The van der Waals surface area contributed by atoms with Gasteiger partial charge in [-0.15, -0.1) is 0 Å². The molecule has 1 atom stereocenters. The van der Waals surface area contributed by atoms with Crippen LogP contribution in [0.2, 0.25) is 0 Å². The molecule has 11 heteroatoms. The zero-order chi connectivity index (χ0) is 22.2. The summed E-state index contributed by atoms with van der Waals surface area (Å²) in [6.45, 7) is 0.00353. The molecule has 0 radical (unpaired) electrons. The van der Waals surface area contributed by atoms with Crippen molar-refractivity contribution < 1.29 is 30.5 Å². The van der Waals surface area contributed by atoms with Crippen LogP contribution in [0.4, 0.5) is 17.6 Å². The summed E-state index contributed by atoms with van der Waals surface area (Å²) in [4.78, 5) is 3.50. The van der Waals surface area contributed by atoms with E-state index in [9.17, 15) is 26.0 Å². The first-order valence-corrected chi connectivity index (χ1v) is 10.9. The first kappa shape index (κ1) is 21.4. The van der Waals surface area contributed by atoms with Crippen molar-refractivity contribution in [2.75, 3.05) is 13.1 Å². The lowest BCUT2D eigenvalue weighted by Crippen LogP contribution is -2.39. The van der Waals surface area contributed by atoms with Crippen LogP contribution in [0.1, 0.15) is 30.2 Å². The van der Waals surface area contributed by atoms with Gasteiger partial charge in [0.2, 0.25) is 21.7 Å². The molecule has 2 aromatic carbocycles. The molecular weight excluding hydrogens is 438 g/mol. The average molecular weight is 455 g/mol. The van der Waals surface area contributed by atoms with Crippen molar-refractivity contribution in [3.8, 4) is 11.4 Å². The summed E-state index contributed by atoms with van der Waals surface area (Å²) in [5.74, 6) is -0.483. The number of rotatable bonds is 4. The zero-order valence-electron chi connectivity index (χ0n) is 16.0. The van der Waals surface area contributed by atoms with E-state index in [1.165, 1.54) is 30.3 Å². The number of aromatic nitrogens is 2. The first-order valence-electron chi connectivity index (χ1n) is 9.42. The van der Waals surface area contributed by atoms with Gasteiger partial charge in [-0.3, -0.25) is 0 Å². The van der Waals surface area contributed by atoms with E-state index in [2.05, 4.69) is 10.1 Å². The van der Waals surface area contributed by atoms with E-state index in [1.54, 1.807) is 0 Å². The number of piperidine rings is 1. The van der Waals surface area contributed by atoms with Crippen molar-refractivity contribution in [3.05, 3.63) is 65.8 Å². The van der Waals surface area contributed by atoms with Gasteiger partial charge in [0.15, 0.2) is 0 Å². The zero-order valence-corrected chi connectivity index (χ0v) is 16.8. The minimum absolute atomic E-state index is 0.0838. The van der Waals surface area contributed by atoms with E-state index in [0.717, 1.165) is 22.5 Å². The maximum absolute atomic E-state index is 13.3. The molecule has 1 saturated heterocycles. The summed E-state index contributed by atoms with van der Waals surface area (Å²) in [6.07, 6.45) is -3.83. The monoisotopic (exact) mass is 455 g/mol. The molecule has 0 spiro atoms. The van der Waals surface area contributed by atoms with Crippen molar-refractivity contribution >= 4 is 10.0 Å². The Bertz CT molecular complexity index is 1180. The molecule has 0 bridgehead atoms. The van der Waals surface area contributed by atoms with Gasteiger partial charge in [-0.1, -0.05) is 17.3 Å². The third kappa shape index (κ3) is 4.33. The van der Waals surface area contributed by atoms with E-state index >= 15 is 0 Å². The highest BCUT2D eigenvalue weighted by atomic mass is 32.2. The smallest absolute Gasteiger partial charge is 0.339 e. The van der Waals surface area contributed by atoms with Gasteiger partial charge in [0.25, 0.3) is 0 Å². The molecule has 4 rings (SSSR count). The summed E-state index contributed by atoms with van der Waals surface area (Å²) in [5.41, 5.74) is -0.677. The van der Waals surface area contributed by atoms with E-state index in [1.807, 2.05) is 0 Å². The Labute approximate surface area is 175 Å². The van der Waals surface area contributed by atoms with Crippen LogP contribution < -0.4 is 0 Å². The predicted octanol–water partition coefficient (Wildman–Crippen LogP) is 4.46. The lowest BCUT2D eigenvalue weighted by atomic mass is 10.00. The van der Waals surface area contributed by atoms with Crippen molar-refractivity contribution in [2.45, 2.75) is 29.8 Å². The third-order valence-corrected chi connectivity index (χ3v) is 7.01. The normalized spacial score (nSPS) is 18.3. The van der Waals surface area contributed by atoms with Gasteiger partial charge in [0.05, 0.1) is 16.4 Å². The lowest BCUT2D eigenvalue weighted by Gasteiger charge is -2.30. The van der Waals surface area contributed by atoms with Crippen molar-refractivity contribution in [3.63, 3.8) is 0 Å². The number of hydrogen-bond donors (Lipinski definition) is 0. The molecule has 1 aromatic heterocycles. The highest BCUT2D eigenvalue weighted by molar-refractivity contribution is 7.89. The van der Waals surface area contributed by atoms with Gasteiger partial charge in [-0.2, -0.15) is 22.5 Å². The molecule has 3 aromatic rings. The summed E-state index contributed by atoms with van der Waals surface area (Å²) in [5, 5.41) is 3.86. The maximum Gasteiger partial charge on any atom is 0.417 e. The van der Waals surface area contributed by atoms with Crippen molar-refractivity contribution in [2.24, 2.45) is 0 Å². The molecule has 0 N–H and O–H groups in total. The summed E-state index contributed by atoms with van der Waals surface area (Å²) in [6, 6.07) is 9.58. The number of benzene rings is 2. The van der Waals surface area contributed by atoms with Crippen LogP contribution in [0.15, 0.2) is 57.9 Å². The van der Waals surface area contributed by atoms with Crippen LogP contribution in [-0.2, 0) is 16.2 Å². The minimum Gasteiger partial charge on any atom is -0.339 e. The van der Waals surface area contributed by atoms with Crippen LogP contribution in [0, 0.1) is 5.82 Å². The van der Waals surface area contributed by atoms with Gasteiger partial charge in [0.1, 0.15) is 5.82 Å². The maximum atomic E-state index is 13.3. The molecule has 1 aliphatic heterocycles. The quantitative estimate of drug-likeness (QED) is 0.543. The second-order valence-corrected chi connectivity index (χ2v) is 9.07. The topological polar surface area (TPSA) is 76.3 Å². The molecule has 2 heterocycles. The standard InChI is InChI=1S/C20H17F4N3O3S/c21-15-9-7-13(8-10-15)18-25-19(30-26-18)14-4-3-11-27(12-14)31(28,29)17-6-2-1-5-16(17)20(22,23)24/h1-2,5-10,14H,3-4,11-12H2/t14-/m0/s1. The van der Waals surface area contributed by atoms with Crippen LogP contribution in [0.3, 0.4) is 0 Å². The van der Waals surface area contributed by atoms with Gasteiger partial charge < -0.3 is 4.52 Å². The van der Waals surface area contributed by atoms with Crippen LogP contribution in [0.5, 0.6) is 0 Å². The van der Waals surface area contributed by atoms with E-state index in [4.69, 9.17) is 4.52 Å². The van der Waals surface area contributed by atoms with Crippen LogP contribution >= 0.6 is 0 Å². The summed E-state index contributed by atoms with van der Waals surface area (Å²) in [7, 11) is -4.39. The Kier molecular flexibility index (Phi) is 5.56. The van der Waals surface area contributed by atoms with E-state index in [-0.39, 0.29) is 24.8 Å². The van der Waals surface area contributed by atoms with Crippen molar-refractivity contribution in [1.29, 1.82) is 0 Å². The van der Waals surface area contributed by atoms with Gasteiger partial charge >= 0.3 is 6.18 Å². The molecule has 31 heavy (non-hydrogen) atoms. The Balaban J connectivity index is 1.59. The number of sulfonamides is 1. The van der Waals surface area contributed by atoms with Crippen LogP contribution in [-0.4, -0.2) is 36.0 Å². The molecule has 0 amide bonds. The van der Waals surface area contributed by atoms with Gasteiger partial charge in [0, 0.05) is 18.7 Å². The van der Waals surface area contributed by atoms with Crippen molar-refractivity contribution in [1.82, 2.24) is 14.4 Å². The highest BCUT2D eigenvalue weighted by Gasteiger charge is 2.40. The molecule has 0 saturated carbocycles. The largest absolute Gasteiger partial charge is 0.417 e. The molecule has 164 valence electrons. The molecule has 1 aliphatic rings. The Morgan fingerprint density at radius 3 is 2.48 bits per heavy atom. The molecule has 1 fully saturated rings. The second-order valence-electron chi connectivity index (χ2n) is 7.16. The number of hydrogen-bond acceptors (Lipinski definition) is 5. The predicted molar refractivity (Wildman–Crippen MR) is 102 cm³/mol. The number of nitrogens with zero attached hydrogens (tertiary/aromatic N) is 3. The fraction of sp³-hybridized carbons (Fsp3) is 0.300. The lowest BCUT2D eigenvalue weighted by molar-refractivity contribution is -0.139. The van der Waals surface area contributed by atoms with Gasteiger partial charge in [-0.05, 0) is 49.2 Å². The van der Waals surface area contributed by atoms with E-state index in [0.29, 0.717) is 18.4 Å². The first-order chi connectivity index (χ1) is 14.7. The Morgan fingerprint density at radius 2 is 1.77 bits per heavy atom. The fourth-order valence-corrected chi connectivity index (χ4v) is 5.28. The second kappa shape index (κ2) is 8.04. The minimum atomic E-state index is -4.80. The Hall–Kier alpha value is -2.79. The molecule has 6 nitrogen and oxygen atoms in total. The number of halogens is 4. The summed E-state index contributed by atoms with van der Waals surface area (Å²) >= 11 is 0. The van der Waals surface area contributed by atoms with Gasteiger partial charge in [-0.25, -0.2) is 12.8 Å². The SMILES string of the molecule is O=S(=O)(c1ccccc1C(F)(F)F)N1CCC[C@H](c2nc(-c3ccc(F)cc3)no2)C1. The highest BCUT2D eigenvalue weighted by Crippen LogP contribution is 2.37. The Morgan fingerprint density at radius 1 is 1.06 bits per heavy atom. The van der Waals surface area contributed by atoms with Crippen LogP contribution in [0.25, 0.3) is 11.4 Å². The fourth-order valence-electron chi connectivity index (χ4n) is 3.54. The third-order valence-electron chi connectivity index (χ3n) is 5.09. The summed E-state index contributed by atoms with van der Waals surface area (Å²) < 4.78 is 85.4. The molecule has 0 unspecified atom stereocenters. The molecular formula is C20H17F4N3O3S. The van der Waals surface area contributed by atoms with E-state index < -0.39 is 38.4 Å². The average Bonchev–Trinajstić information content (AvgIpc) is 3.24. The number of alkyl halides is 3.